The topological polar surface area (TPSA) is 121 Å². The molecule has 0 aliphatic heterocycles. The highest BCUT2D eigenvalue weighted by Crippen LogP contribution is 2.32. The first-order chi connectivity index (χ1) is 20.9. The molecule has 0 radical (unpaired) electrons. The lowest BCUT2D eigenvalue weighted by atomic mass is 10.0. The Morgan fingerprint density at radius 2 is 0.909 bits per heavy atom. The van der Waals surface area contributed by atoms with Crippen molar-refractivity contribution in [2.24, 2.45) is 0 Å². The zero-order chi connectivity index (χ0) is 32.2. The first-order valence-corrected chi connectivity index (χ1v) is 14.2. The maximum absolute atomic E-state index is 10.1. The smallest absolute Gasteiger partial charge is 0.123 e. The fourth-order valence-corrected chi connectivity index (χ4v) is 4.18. The summed E-state index contributed by atoms with van der Waals surface area (Å²) in [6.07, 6.45) is 11.1. The van der Waals surface area contributed by atoms with Gasteiger partial charge in [-0.1, -0.05) is 65.8 Å². The van der Waals surface area contributed by atoms with Gasteiger partial charge < -0.3 is 30.6 Å². The van der Waals surface area contributed by atoms with Crippen LogP contribution in [0.25, 0.3) is 24.3 Å². The summed E-state index contributed by atoms with van der Waals surface area (Å²) in [5, 5.41) is 58.7. The van der Waals surface area contributed by atoms with E-state index in [9.17, 15) is 30.6 Å². The van der Waals surface area contributed by atoms with Crippen LogP contribution >= 0.6 is 0 Å². The number of phenolic OH excluding ortho intramolecular Hbond substituents is 6. The van der Waals surface area contributed by atoms with Crippen molar-refractivity contribution in [1.82, 2.24) is 0 Å². The Kier molecular flexibility index (Phi) is 11.9. The molecule has 0 aliphatic carbocycles. The highest BCUT2D eigenvalue weighted by Gasteiger charge is 2.09. The van der Waals surface area contributed by atoms with Gasteiger partial charge >= 0.3 is 0 Å². The molecule has 6 N–H and O–H groups in total. The fourth-order valence-electron chi connectivity index (χ4n) is 4.18. The lowest BCUT2D eigenvalue weighted by Gasteiger charge is -2.08. The Morgan fingerprint density at radius 1 is 0.545 bits per heavy atom. The van der Waals surface area contributed by atoms with E-state index in [0.29, 0.717) is 35.1 Å². The van der Waals surface area contributed by atoms with E-state index in [1.165, 1.54) is 0 Å². The van der Waals surface area contributed by atoms with E-state index in [4.69, 9.17) is 0 Å². The van der Waals surface area contributed by atoms with Crippen LogP contribution in [-0.2, 0) is 12.8 Å². The average Bonchev–Trinajstić information content (AvgIpc) is 2.96. The Bertz CT molecular complexity index is 1610. The molecule has 228 valence electrons. The molecule has 0 aromatic heterocycles. The third-order valence-electron chi connectivity index (χ3n) is 6.69. The van der Waals surface area contributed by atoms with Crippen LogP contribution in [0, 0.1) is 0 Å². The van der Waals surface area contributed by atoms with Gasteiger partial charge in [-0.15, -0.1) is 6.58 Å². The molecule has 4 aromatic rings. The summed E-state index contributed by atoms with van der Waals surface area (Å²) >= 11 is 0. The van der Waals surface area contributed by atoms with Crippen LogP contribution < -0.4 is 0 Å². The molecular weight excluding hydrogens is 552 g/mol. The van der Waals surface area contributed by atoms with Gasteiger partial charge in [-0.3, -0.25) is 0 Å². The largest absolute Gasteiger partial charge is 0.508 e. The van der Waals surface area contributed by atoms with E-state index in [2.05, 4.69) is 6.58 Å². The molecule has 0 saturated carbocycles. The minimum Gasteiger partial charge on any atom is -0.508 e. The molecule has 0 spiro atoms. The Hall–Kier alpha value is -5.36. The molecule has 4 rings (SSSR count). The summed E-state index contributed by atoms with van der Waals surface area (Å²) in [5.41, 5.74) is 6.48. The normalized spacial score (nSPS) is 10.9. The standard InChI is InChI=1S/2C19H20O3/c2*1-13(2)3-10-17-18(21)11-15(12-19(17)22)5-4-14-6-8-16(20)9-7-14/h3-9,11-12,20-22H,10H2,1-2H3;4-9,11-12,20-22H,1,3,10H2,2H3. The van der Waals surface area contributed by atoms with Gasteiger partial charge in [0, 0.05) is 11.1 Å². The predicted octanol–water partition coefficient (Wildman–Crippen LogP) is 8.96. The van der Waals surface area contributed by atoms with Crippen molar-refractivity contribution in [2.45, 2.75) is 40.0 Å². The van der Waals surface area contributed by atoms with Gasteiger partial charge in [0.05, 0.1) is 0 Å². The summed E-state index contributed by atoms with van der Waals surface area (Å²) in [6, 6.07) is 20.1. The quantitative estimate of drug-likeness (QED) is 0.0852. The molecular formula is C38H40O6. The maximum atomic E-state index is 10.1. The molecule has 0 amide bonds. The van der Waals surface area contributed by atoms with Gasteiger partial charge in [-0.05, 0) is 111 Å². The molecule has 0 aliphatic rings. The lowest BCUT2D eigenvalue weighted by Crippen LogP contribution is -1.89. The molecule has 44 heavy (non-hydrogen) atoms. The summed E-state index contributed by atoms with van der Waals surface area (Å²) in [5.74, 6) is 0.786. The zero-order valence-electron chi connectivity index (χ0n) is 25.3. The summed E-state index contributed by atoms with van der Waals surface area (Å²) in [6.45, 7) is 9.69. The molecule has 6 heteroatoms. The number of allylic oxidation sites excluding steroid dienone is 3. The molecule has 0 heterocycles. The highest BCUT2D eigenvalue weighted by atomic mass is 16.3. The number of rotatable bonds is 9. The lowest BCUT2D eigenvalue weighted by molar-refractivity contribution is 0.437. The van der Waals surface area contributed by atoms with Crippen molar-refractivity contribution in [2.75, 3.05) is 0 Å². The van der Waals surface area contributed by atoms with Crippen molar-refractivity contribution < 1.29 is 30.6 Å². The van der Waals surface area contributed by atoms with E-state index in [1.807, 2.05) is 39.0 Å². The van der Waals surface area contributed by atoms with Crippen LogP contribution in [0.4, 0.5) is 0 Å². The third kappa shape index (κ3) is 10.5. The second kappa shape index (κ2) is 15.8. The second-order valence-corrected chi connectivity index (χ2v) is 10.9. The van der Waals surface area contributed by atoms with Crippen molar-refractivity contribution in [3.05, 3.63) is 130 Å². The van der Waals surface area contributed by atoms with E-state index in [1.54, 1.807) is 84.9 Å². The van der Waals surface area contributed by atoms with Crippen LogP contribution in [0.5, 0.6) is 34.5 Å². The summed E-state index contributed by atoms with van der Waals surface area (Å²) in [7, 11) is 0. The van der Waals surface area contributed by atoms with Crippen LogP contribution in [0.1, 0.15) is 60.6 Å². The highest BCUT2D eigenvalue weighted by molar-refractivity contribution is 5.73. The summed E-state index contributed by atoms with van der Waals surface area (Å²) in [4.78, 5) is 0. The van der Waals surface area contributed by atoms with Crippen molar-refractivity contribution in [1.29, 1.82) is 0 Å². The van der Waals surface area contributed by atoms with Crippen molar-refractivity contribution in [3.63, 3.8) is 0 Å². The molecule has 0 fully saturated rings. The first-order valence-electron chi connectivity index (χ1n) is 14.2. The van der Waals surface area contributed by atoms with E-state index < -0.39 is 0 Å². The second-order valence-electron chi connectivity index (χ2n) is 10.9. The minimum atomic E-state index is 0.0860. The number of benzene rings is 4. The van der Waals surface area contributed by atoms with Crippen LogP contribution in [0.15, 0.2) is 96.6 Å². The van der Waals surface area contributed by atoms with Gasteiger partial charge in [-0.25, -0.2) is 0 Å². The van der Waals surface area contributed by atoms with E-state index in [0.717, 1.165) is 28.7 Å². The Labute approximate surface area is 259 Å². The monoisotopic (exact) mass is 592 g/mol. The molecule has 4 aromatic carbocycles. The number of phenols is 6. The van der Waals surface area contributed by atoms with Crippen molar-refractivity contribution >= 4 is 24.3 Å². The molecule has 0 unspecified atom stereocenters. The molecule has 0 bridgehead atoms. The van der Waals surface area contributed by atoms with Gasteiger partial charge in [0.1, 0.15) is 34.5 Å². The SMILES string of the molecule is C=C(C)CCc1c(O)cc(C=Cc2ccc(O)cc2)cc1O.CC(C)=CCc1c(O)cc(C=Cc2ccc(O)cc2)cc1O. The van der Waals surface area contributed by atoms with Gasteiger partial charge in [0.25, 0.3) is 0 Å². The zero-order valence-corrected chi connectivity index (χ0v) is 25.3. The van der Waals surface area contributed by atoms with E-state index >= 15 is 0 Å². The maximum Gasteiger partial charge on any atom is 0.123 e. The fraction of sp³-hybridized carbons (Fsp3) is 0.158. The first kappa shape index (κ1) is 33.1. The van der Waals surface area contributed by atoms with Crippen LogP contribution in [0.3, 0.4) is 0 Å². The molecule has 6 nitrogen and oxygen atoms in total. The van der Waals surface area contributed by atoms with Crippen LogP contribution in [0.2, 0.25) is 0 Å². The average molecular weight is 593 g/mol. The third-order valence-corrected chi connectivity index (χ3v) is 6.69. The van der Waals surface area contributed by atoms with Gasteiger partial charge in [-0.2, -0.15) is 0 Å². The number of hydrogen-bond acceptors (Lipinski definition) is 6. The van der Waals surface area contributed by atoms with E-state index in [-0.39, 0.29) is 34.5 Å². The van der Waals surface area contributed by atoms with Gasteiger partial charge in [0.15, 0.2) is 0 Å². The summed E-state index contributed by atoms with van der Waals surface area (Å²) < 4.78 is 0. The predicted molar refractivity (Wildman–Crippen MR) is 180 cm³/mol. The molecule has 0 saturated heterocycles. The Balaban J connectivity index is 0.000000240. The Morgan fingerprint density at radius 3 is 1.27 bits per heavy atom. The minimum absolute atomic E-state index is 0.0860. The molecule has 0 atom stereocenters. The van der Waals surface area contributed by atoms with Gasteiger partial charge in [0.2, 0.25) is 0 Å². The number of aromatic hydroxyl groups is 6. The number of hydrogen-bond donors (Lipinski definition) is 6. The van der Waals surface area contributed by atoms with Crippen LogP contribution in [-0.4, -0.2) is 30.6 Å². The van der Waals surface area contributed by atoms with Crippen molar-refractivity contribution in [3.8, 4) is 34.5 Å².